The fourth-order valence-electron chi connectivity index (χ4n) is 3.87. The second-order valence-electron chi connectivity index (χ2n) is 7.67. The van der Waals surface area contributed by atoms with Crippen LogP contribution in [0.5, 0.6) is 0 Å². The Bertz CT molecular complexity index is 1190. The molecule has 1 aliphatic heterocycles. The molecule has 162 valence electrons. The molecule has 4 rings (SSSR count). The Labute approximate surface area is 187 Å². The van der Waals surface area contributed by atoms with Crippen molar-refractivity contribution in [3.63, 3.8) is 0 Å². The van der Waals surface area contributed by atoms with E-state index in [0.717, 1.165) is 11.4 Å². The van der Waals surface area contributed by atoms with Crippen LogP contribution < -0.4 is 14.7 Å². The van der Waals surface area contributed by atoms with Gasteiger partial charge >= 0.3 is 0 Å². The van der Waals surface area contributed by atoms with E-state index in [1.807, 2.05) is 73.3 Å². The van der Waals surface area contributed by atoms with Crippen molar-refractivity contribution >= 4 is 34.4 Å². The Morgan fingerprint density at radius 3 is 2.09 bits per heavy atom. The number of anilines is 3. The standard InChI is InChI=1S/C26H24FN3O2/c1-4-29(20-9-6-5-7-10-20)24-23(18-13-15-19(27)16-14-18)25(31)30(26(24)32)22-12-8-11-21(17-22)28(2)3/h5-17H,4H2,1-3H3. The van der Waals surface area contributed by atoms with E-state index in [9.17, 15) is 14.0 Å². The molecule has 0 N–H and O–H groups in total. The highest BCUT2D eigenvalue weighted by molar-refractivity contribution is 6.46. The highest BCUT2D eigenvalue weighted by atomic mass is 19.1. The average molecular weight is 429 g/mol. The maximum absolute atomic E-state index is 13.7. The number of hydrogen-bond acceptors (Lipinski definition) is 4. The van der Waals surface area contributed by atoms with Crippen molar-refractivity contribution in [3.8, 4) is 0 Å². The number of imide groups is 1. The first-order chi connectivity index (χ1) is 15.4. The molecule has 2 amide bonds. The van der Waals surface area contributed by atoms with Gasteiger partial charge in [-0.25, -0.2) is 9.29 Å². The van der Waals surface area contributed by atoms with Crippen LogP contribution in [0.2, 0.25) is 0 Å². The zero-order valence-electron chi connectivity index (χ0n) is 18.2. The summed E-state index contributed by atoms with van der Waals surface area (Å²) in [5.74, 6) is -1.24. The molecule has 0 aliphatic carbocycles. The minimum absolute atomic E-state index is 0.260. The van der Waals surface area contributed by atoms with Crippen molar-refractivity contribution in [2.45, 2.75) is 6.92 Å². The normalized spacial score (nSPS) is 13.7. The number of halogens is 1. The number of benzene rings is 3. The number of hydrogen-bond donors (Lipinski definition) is 0. The number of nitrogens with zero attached hydrogens (tertiary/aromatic N) is 3. The number of carbonyl (C=O) groups is 2. The molecule has 0 spiro atoms. The molecule has 32 heavy (non-hydrogen) atoms. The monoisotopic (exact) mass is 429 g/mol. The first-order valence-electron chi connectivity index (χ1n) is 10.4. The molecule has 1 aliphatic rings. The smallest absolute Gasteiger partial charge is 0.282 e. The predicted molar refractivity (Wildman–Crippen MR) is 126 cm³/mol. The van der Waals surface area contributed by atoms with Crippen molar-refractivity contribution in [3.05, 3.63) is 95.9 Å². The summed E-state index contributed by atoms with van der Waals surface area (Å²) >= 11 is 0. The third-order valence-corrected chi connectivity index (χ3v) is 5.45. The van der Waals surface area contributed by atoms with Crippen LogP contribution in [0.1, 0.15) is 12.5 Å². The van der Waals surface area contributed by atoms with Crippen LogP contribution >= 0.6 is 0 Å². The Morgan fingerprint density at radius 2 is 1.47 bits per heavy atom. The third kappa shape index (κ3) is 3.75. The quantitative estimate of drug-likeness (QED) is 0.533. The molecule has 1 heterocycles. The highest BCUT2D eigenvalue weighted by Gasteiger charge is 2.42. The third-order valence-electron chi connectivity index (χ3n) is 5.45. The second kappa shape index (κ2) is 8.67. The van der Waals surface area contributed by atoms with Crippen LogP contribution in [0.3, 0.4) is 0 Å². The van der Waals surface area contributed by atoms with Gasteiger partial charge in [-0.2, -0.15) is 0 Å². The van der Waals surface area contributed by atoms with E-state index >= 15 is 0 Å². The van der Waals surface area contributed by atoms with Crippen molar-refractivity contribution in [2.75, 3.05) is 35.3 Å². The molecule has 3 aromatic rings. The lowest BCUT2D eigenvalue weighted by Crippen LogP contribution is -2.35. The molecule has 0 atom stereocenters. The molecular formula is C26H24FN3O2. The summed E-state index contributed by atoms with van der Waals surface area (Å²) in [4.78, 5) is 32.3. The van der Waals surface area contributed by atoms with Gasteiger partial charge in [0, 0.05) is 32.0 Å². The lowest BCUT2D eigenvalue weighted by atomic mass is 10.0. The molecule has 0 radical (unpaired) electrons. The van der Waals surface area contributed by atoms with Crippen LogP contribution in [0.4, 0.5) is 21.5 Å². The molecule has 0 saturated heterocycles. The summed E-state index contributed by atoms with van der Waals surface area (Å²) in [5, 5.41) is 0. The highest BCUT2D eigenvalue weighted by Crippen LogP contribution is 2.37. The number of likely N-dealkylation sites (N-methyl/N-ethyl adjacent to an activating group) is 1. The first kappa shape index (κ1) is 21.3. The Kier molecular flexibility index (Phi) is 5.77. The van der Waals surface area contributed by atoms with Gasteiger partial charge in [0.25, 0.3) is 11.8 Å². The summed E-state index contributed by atoms with van der Waals surface area (Å²) < 4.78 is 13.6. The van der Waals surface area contributed by atoms with Crippen LogP contribution in [0.25, 0.3) is 5.57 Å². The van der Waals surface area contributed by atoms with Crippen LogP contribution in [-0.2, 0) is 9.59 Å². The van der Waals surface area contributed by atoms with Gasteiger partial charge in [-0.1, -0.05) is 36.4 Å². The summed E-state index contributed by atoms with van der Waals surface area (Å²) in [7, 11) is 3.79. The number of para-hydroxylation sites is 1. The number of amides is 2. The van der Waals surface area contributed by atoms with Gasteiger partial charge in [0.1, 0.15) is 11.5 Å². The second-order valence-corrected chi connectivity index (χ2v) is 7.67. The van der Waals surface area contributed by atoms with E-state index in [4.69, 9.17) is 0 Å². The summed E-state index contributed by atoms with van der Waals surface area (Å²) in [6, 6.07) is 22.4. The summed E-state index contributed by atoms with van der Waals surface area (Å²) in [6.07, 6.45) is 0. The van der Waals surface area contributed by atoms with E-state index in [-0.39, 0.29) is 11.3 Å². The molecule has 0 saturated carbocycles. The maximum Gasteiger partial charge on any atom is 0.282 e. The minimum Gasteiger partial charge on any atom is -0.378 e. The van der Waals surface area contributed by atoms with Crippen molar-refractivity contribution in [1.82, 2.24) is 0 Å². The molecule has 0 fully saturated rings. The lowest BCUT2D eigenvalue weighted by molar-refractivity contribution is -0.120. The van der Waals surface area contributed by atoms with E-state index in [1.165, 1.54) is 29.2 Å². The van der Waals surface area contributed by atoms with Crippen molar-refractivity contribution in [1.29, 1.82) is 0 Å². The van der Waals surface area contributed by atoms with Crippen LogP contribution in [0.15, 0.2) is 84.6 Å². The number of carbonyl (C=O) groups excluding carboxylic acids is 2. The Morgan fingerprint density at radius 1 is 0.812 bits per heavy atom. The van der Waals surface area contributed by atoms with Crippen molar-refractivity contribution in [2.24, 2.45) is 0 Å². The topological polar surface area (TPSA) is 43.9 Å². The van der Waals surface area contributed by atoms with E-state index in [0.29, 0.717) is 17.8 Å². The molecule has 3 aromatic carbocycles. The maximum atomic E-state index is 13.7. The van der Waals surface area contributed by atoms with Crippen LogP contribution in [-0.4, -0.2) is 32.5 Å². The van der Waals surface area contributed by atoms with E-state index in [2.05, 4.69) is 0 Å². The van der Waals surface area contributed by atoms with Gasteiger partial charge in [0.15, 0.2) is 0 Å². The molecule has 5 nitrogen and oxygen atoms in total. The minimum atomic E-state index is -0.429. The van der Waals surface area contributed by atoms with Gasteiger partial charge in [-0.15, -0.1) is 0 Å². The fourth-order valence-corrected chi connectivity index (χ4v) is 3.87. The molecule has 0 aromatic heterocycles. The number of rotatable bonds is 6. The molecule has 6 heteroatoms. The predicted octanol–water partition coefficient (Wildman–Crippen LogP) is 4.70. The van der Waals surface area contributed by atoms with E-state index in [1.54, 1.807) is 12.1 Å². The van der Waals surface area contributed by atoms with Gasteiger partial charge in [0.05, 0.1) is 11.3 Å². The average Bonchev–Trinajstić information content (AvgIpc) is 3.06. The SMILES string of the molecule is CCN(C1=C(c2ccc(F)cc2)C(=O)N(c2cccc(N(C)C)c2)C1=O)c1ccccc1. The zero-order valence-corrected chi connectivity index (χ0v) is 18.2. The Balaban J connectivity index is 1.89. The Hall–Kier alpha value is -3.93. The van der Waals surface area contributed by atoms with Crippen molar-refractivity contribution < 1.29 is 14.0 Å². The van der Waals surface area contributed by atoms with Gasteiger partial charge < -0.3 is 9.80 Å². The summed E-state index contributed by atoms with van der Waals surface area (Å²) in [5.41, 5.74) is 3.21. The van der Waals surface area contributed by atoms with Gasteiger partial charge in [0.2, 0.25) is 0 Å². The van der Waals surface area contributed by atoms with Gasteiger partial charge in [-0.3, -0.25) is 9.59 Å². The van der Waals surface area contributed by atoms with E-state index < -0.39 is 17.6 Å². The molecular weight excluding hydrogens is 405 g/mol. The molecule has 0 bridgehead atoms. The first-order valence-corrected chi connectivity index (χ1v) is 10.4. The molecule has 0 unspecified atom stereocenters. The summed E-state index contributed by atoms with van der Waals surface area (Å²) in [6.45, 7) is 2.41. The van der Waals surface area contributed by atoms with Gasteiger partial charge in [-0.05, 0) is 55.0 Å². The lowest BCUT2D eigenvalue weighted by Gasteiger charge is -2.25. The fraction of sp³-hybridized carbons (Fsp3) is 0.154. The zero-order chi connectivity index (χ0) is 22.8. The van der Waals surface area contributed by atoms with Crippen LogP contribution in [0, 0.1) is 5.82 Å². The largest absolute Gasteiger partial charge is 0.378 e.